The lowest BCUT2D eigenvalue weighted by molar-refractivity contribution is 0.0962. The van der Waals surface area contributed by atoms with Crippen LogP contribution < -0.4 is 16.0 Å². The molecular weight excluding hydrogens is 384 g/mol. The molecule has 0 radical (unpaired) electrons. The van der Waals surface area contributed by atoms with Gasteiger partial charge in [-0.25, -0.2) is 15.0 Å². The fourth-order valence-corrected chi connectivity index (χ4v) is 4.40. The minimum Gasteiger partial charge on any atom is -0.381 e. The van der Waals surface area contributed by atoms with Gasteiger partial charge in [0, 0.05) is 34.8 Å². The van der Waals surface area contributed by atoms with Gasteiger partial charge in [-0.05, 0) is 30.3 Å². The summed E-state index contributed by atoms with van der Waals surface area (Å²) in [5.74, 6) is 0.975. The molecule has 1 amide bonds. The lowest BCUT2D eigenvalue weighted by Crippen LogP contribution is -2.24. The van der Waals surface area contributed by atoms with E-state index in [1.54, 1.807) is 12.3 Å². The van der Waals surface area contributed by atoms with Gasteiger partial charge in [-0.15, -0.1) is 11.3 Å². The molecule has 0 bridgehead atoms. The molecular formula is C18H13ClN6OS. The fourth-order valence-electron chi connectivity index (χ4n) is 3.15. The summed E-state index contributed by atoms with van der Waals surface area (Å²) >= 11 is 7.39. The van der Waals surface area contributed by atoms with Crippen molar-refractivity contribution >= 4 is 67.3 Å². The zero-order valence-corrected chi connectivity index (χ0v) is 15.5. The monoisotopic (exact) mass is 396 g/mol. The molecule has 4 heterocycles. The first-order chi connectivity index (χ1) is 13.2. The van der Waals surface area contributed by atoms with E-state index < -0.39 is 0 Å². The standard InChI is InChI=1S/C18H13ClN6OS/c19-12-5-6-22-18(24-12)25-13-4-1-9-10(23-13)2-3-11-14(9)15-16(27-11)17(26)21-8-7-20-15/h1-6,20H,7-8H2,(H,21,26)(H,22,23,24,25). The largest absolute Gasteiger partial charge is 0.381 e. The summed E-state index contributed by atoms with van der Waals surface area (Å²) in [4.78, 5) is 25.9. The first-order valence-electron chi connectivity index (χ1n) is 8.33. The van der Waals surface area contributed by atoms with Gasteiger partial charge in [0.25, 0.3) is 5.91 Å². The summed E-state index contributed by atoms with van der Waals surface area (Å²) < 4.78 is 1.05. The highest BCUT2D eigenvalue weighted by Gasteiger charge is 2.22. The first kappa shape index (κ1) is 16.2. The summed E-state index contributed by atoms with van der Waals surface area (Å²) in [6.45, 7) is 1.30. The van der Waals surface area contributed by atoms with E-state index in [4.69, 9.17) is 11.6 Å². The van der Waals surface area contributed by atoms with Gasteiger partial charge in [0.2, 0.25) is 5.95 Å². The molecule has 0 atom stereocenters. The van der Waals surface area contributed by atoms with Crippen LogP contribution in [0, 0.1) is 0 Å². The normalized spacial score (nSPS) is 13.7. The zero-order chi connectivity index (χ0) is 18.4. The number of rotatable bonds is 2. The molecule has 3 aromatic heterocycles. The first-order valence-corrected chi connectivity index (χ1v) is 9.52. The van der Waals surface area contributed by atoms with Crippen molar-refractivity contribution in [3.05, 3.63) is 46.6 Å². The van der Waals surface area contributed by atoms with E-state index in [9.17, 15) is 4.79 Å². The summed E-state index contributed by atoms with van der Waals surface area (Å²) in [6.07, 6.45) is 1.58. The van der Waals surface area contributed by atoms with E-state index in [0.29, 0.717) is 34.9 Å². The number of carbonyl (C=O) groups excluding carboxylic acids is 1. The third kappa shape index (κ3) is 2.83. The highest BCUT2D eigenvalue weighted by Crippen LogP contribution is 2.40. The Morgan fingerprint density at radius 1 is 1.07 bits per heavy atom. The molecule has 1 aliphatic rings. The van der Waals surface area contributed by atoms with Crippen LogP contribution in [0.5, 0.6) is 0 Å². The number of nitrogens with zero attached hydrogens (tertiary/aromatic N) is 3. The molecule has 27 heavy (non-hydrogen) atoms. The third-order valence-corrected chi connectivity index (χ3v) is 5.67. The van der Waals surface area contributed by atoms with Gasteiger partial charge < -0.3 is 16.0 Å². The lowest BCUT2D eigenvalue weighted by atomic mass is 10.1. The average molecular weight is 397 g/mol. The van der Waals surface area contributed by atoms with Crippen molar-refractivity contribution in [3.63, 3.8) is 0 Å². The fraction of sp³-hybridized carbons (Fsp3) is 0.111. The third-order valence-electron chi connectivity index (χ3n) is 4.30. The zero-order valence-electron chi connectivity index (χ0n) is 13.9. The topological polar surface area (TPSA) is 91.8 Å². The molecule has 4 aromatic rings. The second kappa shape index (κ2) is 6.33. The number of hydrogen-bond donors (Lipinski definition) is 3. The molecule has 134 valence electrons. The SMILES string of the molecule is O=C1NCCNc2c1sc1ccc3nc(Nc4nccc(Cl)n4)ccc3c21. The highest BCUT2D eigenvalue weighted by atomic mass is 35.5. The van der Waals surface area contributed by atoms with Crippen LogP contribution in [-0.4, -0.2) is 33.9 Å². The smallest absolute Gasteiger partial charge is 0.263 e. The van der Waals surface area contributed by atoms with Gasteiger partial charge >= 0.3 is 0 Å². The summed E-state index contributed by atoms with van der Waals surface area (Å²) in [7, 11) is 0. The number of amides is 1. The van der Waals surface area contributed by atoms with Crippen molar-refractivity contribution in [2.24, 2.45) is 0 Å². The minimum atomic E-state index is -0.0336. The highest BCUT2D eigenvalue weighted by molar-refractivity contribution is 7.21. The maximum absolute atomic E-state index is 12.3. The number of carbonyl (C=O) groups is 1. The van der Waals surface area contributed by atoms with E-state index >= 15 is 0 Å². The second-order valence-corrected chi connectivity index (χ2v) is 7.46. The van der Waals surface area contributed by atoms with Crippen molar-refractivity contribution < 1.29 is 4.79 Å². The Bertz CT molecular complexity index is 1210. The van der Waals surface area contributed by atoms with Gasteiger partial charge in [0.05, 0.1) is 11.2 Å². The van der Waals surface area contributed by atoms with Crippen LogP contribution in [0.15, 0.2) is 36.5 Å². The maximum atomic E-state index is 12.3. The molecule has 5 rings (SSSR count). The van der Waals surface area contributed by atoms with Crippen molar-refractivity contribution in [1.29, 1.82) is 0 Å². The summed E-state index contributed by atoms with van der Waals surface area (Å²) in [5, 5.41) is 11.7. The quantitative estimate of drug-likeness (QED) is 0.446. The van der Waals surface area contributed by atoms with Crippen molar-refractivity contribution in [2.75, 3.05) is 23.7 Å². The van der Waals surface area contributed by atoms with Crippen molar-refractivity contribution in [2.45, 2.75) is 0 Å². The number of benzene rings is 1. The molecule has 0 fully saturated rings. The molecule has 0 spiro atoms. The molecule has 0 aliphatic carbocycles. The molecule has 7 nitrogen and oxygen atoms in total. The molecule has 0 saturated carbocycles. The second-order valence-electron chi connectivity index (χ2n) is 6.02. The molecule has 1 aliphatic heterocycles. The Morgan fingerprint density at radius 3 is 2.85 bits per heavy atom. The summed E-state index contributed by atoms with van der Waals surface area (Å²) in [5.41, 5.74) is 1.71. The number of hydrogen-bond acceptors (Lipinski definition) is 7. The predicted octanol–water partition coefficient (Wildman–Crippen LogP) is 3.79. The number of thiophene rings is 1. The number of pyridine rings is 1. The van der Waals surface area contributed by atoms with Gasteiger partial charge in [0.15, 0.2) is 0 Å². The Balaban J connectivity index is 1.63. The molecule has 0 unspecified atom stereocenters. The van der Waals surface area contributed by atoms with Crippen LogP contribution in [0.4, 0.5) is 17.5 Å². The molecule has 9 heteroatoms. The lowest BCUT2D eigenvalue weighted by Gasteiger charge is -2.08. The van der Waals surface area contributed by atoms with Crippen LogP contribution in [-0.2, 0) is 0 Å². The predicted molar refractivity (Wildman–Crippen MR) is 108 cm³/mol. The van der Waals surface area contributed by atoms with Crippen LogP contribution in [0.1, 0.15) is 9.67 Å². The minimum absolute atomic E-state index is 0.0336. The van der Waals surface area contributed by atoms with Crippen molar-refractivity contribution in [3.8, 4) is 0 Å². The van der Waals surface area contributed by atoms with Crippen LogP contribution >= 0.6 is 22.9 Å². The van der Waals surface area contributed by atoms with Gasteiger partial charge in [-0.2, -0.15) is 0 Å². The Labute approximate surface area is 162 Å². The van der Waals surface area contributed by atoms with Crippen LogP contribution in [0.2, 0.25) is 5.15 Å². The average Bonchev–Trinajstić information content (AvgIpc) is 2.94. The number of aromatic nitrogens is 3. The maximum Gasteiger partial charge on any atom is 0.263 e. The van der Waals surface area contributed by atoms with Crippen LogP contribution in [0.25, 0.3) is 21.0 Å². The number of fused-ring (bicyclic) bond motifs is 5. The van der Waals surface area contributed by atoms with E-state index in [1.165, 1.54) is 11.3 Å². The van der Waals surface area contributed by atoms with E-state index in [2.05, 4.69) is 30.9 Å². The molecule has 3 N–H and O–H groups in total. The molecule has 1 aromatic carbocycles. The number of nitrogens with one attached hydrogen (secondary N) is 3. The van der Waals surface area contributed by atoms with Gasteiger partial charge in [0.1, 0.15) is 15.8 Å². The summed E-state index contributed by atoms with van der Waals surface area (Å²) in [6, 6.07) is 9.43. The van der Waals surface area contributed by atoms with Gasteiger partial charge in [-0.1, -0.05) is 11.6 Å². The van der Waals surface area contributed by atoms with E-state index in [1.807, 2.05) is 24.3 Å². The van der Waals surface area contributed by atoms with E-state index in [0.717, 1.165) is 26.7 Å². The Kier molecular flexibility index (Phi) is 3.80. The van der Waals surface area contributed by atoms with Crippen LogP contribution in [0.3, 0.4) is 0 Å². The molecule has 0 saturated heterocycles. The number of anilines is 3. The van der Waals surface area contributed by atoms with E-state index in [-0.39, 0.29) is 5.91 Å². The number of halogens is 1. The Hall–Kier alpha value is -2.97. The van der Waals surface area contributed by atoms with Gasteiger partial charge in [-0.3, -0.25) is 4.79 Å². The van der Waals surface area contributed by atoms with Crippen molar-refractivity contribution in [1.82, 2.24) is 20.3 Å². The Morgan fingerprint density at radius 2 is 1.96 bits per heavy atom.